The summed E-state index contributed by atoms with van der Waals surface area (Å²) in [5, 5.41) is 10.7. The second kappa shape index (κ2) is 8.57. The summed E-state index contributed by atoms with van der Waals surface area (Å²) in [4.78, 5) is 15.0. The minimum atomic E-state index is -0.142. The minimum absolute atomic E-state index is 0.142. The van der Waals surface area contributed by atoms with Crippen molar-refractivity contribution >= 4 is 11.7 Å². The number of para-hydroxylation sites is 1. The number of carbonyl (C=O) groups is 1. The third-order valence-electron chi connectivity index (χ3n) is 5.32. The Hall–Kier alpha value is -2.34. The smallest absolute Gasteiger partial charge is 0.319 e. The highest BCUT2D eigenvalue weighted by Gasteiger charge is 2.22. The number of benzene rings is 1. The number of anilines is 1. The van der Waals surface area contributed by atoms with Gasteiger partial charge in [-0.05, 0) is 43.9 Å². The lowest BCUT2D eigenvalue weighted by Crippen LogP contribution is -2.45. The van der Waals surface area contributed by atoms with Crippen LogP contribution < -0.4 is 10.6 Å². The predicted molar refractivity (Wildman–Crippen MR) is 110 cm³/mol. The van der Waals surface area contributed by atoms with E-state index in [1.165, 1.54) is 0 Å². The molecular weight excluding hydrogens is 338 g/mol. The van der Waals surface area contributed by atoms with Crippen LogP contribution in [0, 0.1) is 6.92 Å². The number of amides is 2. The molecule has 1 saturated heterocycles. The Morgan fingerprint density at radius 2 is 1.96 bits per heavy atom. The second-order valence-corrected chi connectivity index (χ2v) is 7.60. The Balaban J connectivity index is 1.72. The summed E-state index contributed by atoms with van der Waals surface area (Å²) in [5.41, 5.74) is 3.99. The number of nitrogens with one attached hydrogen (secondary N) is 2. The fourth-order valence-electron chi connectivity index (χ4n) is 3.74. The first-order chi connectivity index (χ1) is 13.0. The summed E-state index contributed by atoms with van der Waals surface area (Å²) in [7, 11) is 0. The van der Waals surface area contributed by atoms with Crippen molar-refractivity contribution in [2.24, 2.45) is 0 Å². The standard InChI is InChI=1S/C21H31N5O/c1-5-25-12-10-17(11-13-25)23-21(27)24-18-14-22-26(20(18)15(2)3)19-9-7-6-8-16(19)4/h6-9,14-15,17H,5,10-13H2,1-4H3,(H2,23,24,27). The zero-order valence-corrected chi connectivity index (χ0v) is 16.8. The summed E-state index contributed by atoms with van der Waals surface area (Å²) in [5.74, 6) is 0.232. The average Bonchev–Trinajstić information content (AvgIpc) is 3.06. The van der Waals surface area contributed by atoms with Gasteiger partial charge in [0.2, 0.25) is 0 Å². The maximum Gasteiger partial charge on any atom is 0.319 e. The first kappa shape index (κ1) is 19.4. The molecule has 2 aromatic rings. The van der Waals surface area contributed by atoms with E-state index in [1.54, 1.807) is 6.20 Å². The number of hydrogen-bond acceptors (Lipinski definition) is 3. The number of urea groups is 1. The molecule has 0 aliphatic carbocycles. The Morgan fingerprint density at radius 1 is 1.26 bits per heavy atom. The molecular formula is C21H31N5O. The number of aromatic nitrogens is 2. The van der Waals surface area contributed by atoms with Gasteiger partial charge in [-0.1, -0.05) is 39.0 Å². The van der Waals surface area contributed by atoms with Crippen LogP contribution in [0.15, 0.2) is 30.5 Å². The normalized spacial score (nSPS) is 15.9. The molecule has 146 valence electrons. The van der Waals surface area contributed by atoms with E-state index < -0.39 is 0 Å². The summed E-state index contributed by atoms with van der Waals surface area (Å²) in [6.07, 6.45) is 3.75. The highest BCUT2D eigenvalue weighted by Crippen LogP contribution is 2.28. The molecule has 1 aliphatic heterocycles. The maximum absolute atomic E-state index is 12.5. The zero-order chi connectivity index (χ0) is 19.4. The lowest BCUT2D eigenvalue weighted by atomic mass is 10.1. The number of likely N-dealkylation sites (tertiary alicyclic amines) is 1. The largest absolute Gasteiger partial charge is 0.335 e. The molecule has 0 atom stereocenters. The lowest BCUT2D eigenvalue weighted by Gasteiger charge is -2.31. The molecule has 27 heavy (non-hydrogen) atoms. The fourth-order valence-corrected chi connectivity index (χ4v) is 3.74. The highest BCUT2D eigenvalue weighted by molar-refractivity contribution is 5.90. The molecule has 2 amide bonds. The van der Waals surface area contributed by atoms with Gasteiger partial charge in [0.15, 0.2) is 0 Å². The fraction of sp³-hybridized carbons (Fsp3) is 0.524. The third-order valence-corrected chi connectivity index (χ3v) is 5.32. The molecule has 3 rings (SSSR count). The molecule has 0 saturated carbocycles. The molecule has 1 aromatic carbocycles. The van der Waals surface area contributed by atoms with Crippen LogP contribution in [-0.4, -0.2) is 46.4 Å². The molecule has 1 fully saturated rings. The van der Waals surface area contributed by atoms with E-state index in [1.807, 2.05) is 16.8 Å². The van der Waals surface area contributed by atoms with Crippen LogP contribution in [-0.2, 0) is 0 Å². The van der Waals surface area contributed by atoms with Gasteiger partial charge < -0.3 is 15.5 Å². The van der Waals surface area contributed by atoms with Gasteiger partial charge in [-0.2, -0.15) is 5.10 Å². The average molecular weight is 370 g/mol. The molecule has 0 spiro atoms. The lowest BCUT2D eigenvalue weighted by molar-refractivity contribution is 0.203. The van der Waals surface area contributed by atoms with E-state index in [4.69, 9.17) is 0 Å². The van der Waals surface area contributed by atoms with Crippen molar-refractivity contribution in [3.8, 4) is 5.69 Å². The summed E-state index contributed by atoms with van der Waals surface area (Å²) in [6.45, 7) is 11.7. The molecule has 6 nitrogen and oxygen atoms in total. The van der Waals surface area contributed by atoms with Crippen LogP contribution in [0.1, 0.15) is 50.8 Å². The van der Waals surface area contributed by atoms with Crippen molar-refractivity contribution in [2.45, 2.75) is 52.5 Å². The zero-order valence-electron chi connectivity index (χ0n) is 16.8. The summed E-state index contributed by atoms with van der Waals surface area (Å²) in [6, 6.07) is 8.26. The van der Waals surface area contributed by atoms with Crippen LogP contribution >= 0.6 is 0 Å². The van der Waals surface area contributed by atoms with E-state index in [0.29, 0.717) is 0 Å². The van der Waals surface area contributed by atoms with Crippen molar-refractivity contribution in [3.63, 3.8) is 0 Å². The van der Waals surface area contributed by atoms with Gasteiger partial charge >= 0.3 is 6.03 Å². The third kappa shape index (κ3) is 4.50. The van der Waals surface area contributed by atoms with Crippen molar-refractivity contribution in [1.82, 2.24) is 20.0 Å². The van der Waals surface area contributed by atoms with Gasteiger partial charge in [0.1, 0.15) is 0 Å². The molecule has 6 heteroatoms. The molecule has 1 aromatic heterocycles. The van der Waals surface area contributed by atoms with Crippen LogP contribution in [0.25, 0.3) is 5.69 Å². The van der Waals surface area contributed by atoms with E-state index in [2.05, 4.69) is 60.5 Å². The van der Waals surface area contributed by atoms with Crippen molar-refractivity contribution in [2.75, 3.05) is 25.0 Å². The number of rotatable bonds is 5. The van der Waals surface area contributed by atoms with Gasteiger partial charge in [0, 0.05) is 19.1 Å². The monoisotopic (exact) mass is 369 g/mol. The van der Waals surface area contributed by atoms with Gasteiger partial charge in [0.25, 0.3) is 0 Å². The number of nitrogens with zero attached hydrogens (tertiary/aromatic N) is 3. The molecule has 0 bridgehead atoms. The van der Waals surface area contributed by atoms with Crippen molar-refractivity contribution in [3.05, 3.63) is 41.7 Å². The number of piperidine rings is 1. The molecule has 2 N–H and O–H groups in total. The van der Waals surface area contributed by atoms with Gasteiger partial charge in [-0.15, -0.1) is 0 Å². The Kier molecular flexibility index (Phi) is 6.16. The van der Waals surface area contributed by atoms with E-state index >= 15 is 0 Å². The SMILES string of the molecule is CCN1CCC(NC(=O)Nc2cnn(-c3ccccc3C)c2C(C)C)CC1. The van der Waals surface area contributed by atoms with Crippen LogP contribution in [0.5, 0.6) is 0 Å². The van der Waals surface area contributed by atoms with Crippen LogP contribution in [0.3, 0.4) is 0 Å². The first-order valence-electron chi connectivity index (χ1n) is 9.93. The predicted octanol–water partition coefficient (Wildman–Crippen LogP) is 3.91. The van der Waals surface area contributed by atoms with Crippen LogP contribution in [0.2, 0.25) is 0 Å². The number of hydrogen-bond donors (Lipinski definition) is 2. The number of carbonyl (C=O) groups excluding carboxylic acids is 1. The molecule has 1 aliphatic rings. The van der Waals surface area contributed by atoms with E-state index in [9.17, 15) is 4.79 Å². The van der Waals surface area contributed by atoms with Gasteiger partial charge in [0.05, 0.1) is 23.3 Å². The molecule has 0 unspecified atom stereocenters. The van der Waals surface area contributed by atoms with Crippen LogP contribution in [0.4, 0.5) is 10.5 Å². The second-order valence-electron chi connectivity index (χ2n) is 7.60. The summed E-state index contributed by atoms with van der Waals surface area (Å²) < 4.78 is 1.94. The van der Waals surface area contributed by atoms with E-state index in [-0.39, 0.29) is 18.0 Å². The molecule has 2 heterocycles. The number of aryl methyl sites for hydroxylation is 1. The Labute approximate surface area is 161 Å². The Bertz CT molecular complexity index is 775. The maximum atomic E-state index is 12.5. The minimum Gasteiger partial charge on any atom is -0.335 e. The quantitative estimate of drug-likeness (QED) is 0.840. The van der Waals surface area contributed by atoms with Crippen molar-refractivity contribution < 1.29 is 4.79 Å². The molecule has 0 radical (unpaired) electrons. The topological polar surface area (TPSA) is 62.2 Å². The van der Waals surface area contributed by atoms with Gasteiger partial charge in [-0.25, -0.2) is 9.48 Å². The highest BCUT2D eigenvalue weighted by atomic mass is 16.2. The van der Waals surface area contributed by atoms with Crippen molar-refractivity contribution in [1.29, 1.82) is 0 Å². The first-order valence-corrected chi connectivity index (χ1v) is 9.93. The van der Waals surface area contributed by atoms with Gasteiger partial charge in [-0.3, -0.25) is 0 Å². The summed E-state index contributed by atoms with van der Waals surface area (Å²) >= 11 is 0. The Morgan fingerprint density at radius 3 is 2.59 bits per heavy atom. The van der Waals surface area contributed by atoms with E-state index in [0.717, 1.165) is 55.1 Å².